The first kappa shape index (κ1) is 13.9. The first-order valence-electron chi connectivity index (χ1n) is 7.69. The molecule has 1 heterocycles. The molecule has 1 amide bonds. The minimum absolute atomic E-state index is 0.124. The van der Waals surface area contributed by atoms with Gasteiger partial charge in [-0.1, -0.05) is 23.8 Å². The molecule has 0 fully saturated rings. The zero-order chi connectivity index (χ0) is 14.5. The maximum atomic E-state index is 11.9. The Kier molecular flexibility index (Phi) is 4.34. The maximum Gasteiger partial charge on any atom is 0.224 e. The number of rotatable bonds is 5. The van der Waals surface area contributed by atoms with Crippen LogP contribution in [0.3, 0.4) is 0 Å². The lowest BCUT2D eigenvalue weighted by Gasteiger charge is -2.12. The summed E-state index contributed by atoms with van der Waals surface area (Å²) in [6, 6.07) is 7.97. The highest BCUT2D eigenvalue weighted by Crippen LogP contribution is 2.19. The Bertz CT molecular complexity index is 624. The van der Waals surface area contributed by atoms with E-state index in [1.807, 2.05) is 24.3 Å². The van der Waals surface area contributed by atoms with Gasteiger partial charge in [0, 0.05) is 19.4 Å². The van der Waals surface area contributed by atoms with Gasteiger partial charge in [0.25, 0.3) is 0 Å². The van der Waals surface area contributed by atoms with E-state index < -0.39 is 0 Å². The number of para-hydroxylation sites is 2. The van der Waals surface area contributed by atoms with Crippen LogP contribution < -0.4 is 5.32 Å². The molecule has 1 aromatic carbocycles. The zero-order valence-electron chi connectivity index (χ0n) is 12.2. The molecule has 1 aliphatic carbocycles. The number of benzene rings is 1. The summed E-state index contributed by atoms with van der Waals surface area (Å²) in [6.07, 6.45) is 8.20. The third-order valence-electron chi connectivity index (χ3n) is 3.90. The fourth-order valence-electron chi connectivity index (χ4n) is 2.78. The molecule has 1 aliphatic rings. The Morgan fingerprint density at radius 3 is 3.00 bits per heavy atom. The van der Waals surface area contributed by atoms with Crippen LogP contribution in [0, 0.1) is 0 Å². The lowest BCUT2D eigenvalue weighted by Crippen LogP contribution is -2.26. The van der Waals surface area contributed by atoms with Crippen molar-refractivity contribution in [2.75, 3.05) is 6.54 Å². The summed E-state index contributed by atoms with van der Waals surface area (Å²) >= 11 is 0. The number of fused-ring (bicyclic) bond motifs is 1. The Morgan fingerprint density at radius 1 is 1.29 bits per heavy atom. The minimum Gasteiger partial charge on any atom is -0.355 e. The molecular weight excluding hydrogens is 262 g/mol. The SMILES string of the molecule is O=C(CC1=CCCCC1)NCCc1nc2ccccc2[nH]1. The van der Waals surface area contributed by atoms with E-state index in [2.05, 4.69) is 21.4 Å². The van der Waals surface area contributed by atoms with Crippen molar-refractivity contribution in [3.63, 3.8) is 0 Å². The van der Waals surface area contributed by atoms with E-state index in [-0.39, 0.29) is 5.91 Å². The van der Waals surface area contributed by atoms with Gasteiger partial charge in [-0.2, -0.15) is 0 Å². The van der Waals surface area contributed by atoms with Gasteiger partial charge >= 0.3 is 0 Å². The van der Waals surface area contributed by atoms with Crippen LogP contribution in [-0.4, -0.2) is 22.4 Å². The Hall–Kier alpha value is -2.10. The third-order valence-corrected chi connectivity index (χ3v) is 3.90. The number of amides is 1. The molecule has 4 heteroatoms. The Morgan fingerprint density at radius 2 is 2.19 bits per heavy atom. The van der Waals surface area contributed by atoms with Crippen molar-refractivity contribution >= 4 is 16.9 Å². The molecule has 0 aliphatic heterocycles. The van der Waals surface area contributed by atoms with E-state index in [1.165, 1.54) is 18.4 Å². The van der Waals surface area contributed by atoms with Crippen LogP contribution in [0.1, 0.15) is 37.9 Å². The normalized spacial score (nSPS) is 15.0. The van der Waals surface area contributed by atoms with Gasteiger partial charge in [0.05, 0.1) is 11.0 Å². The summed E-state index contributed by atoms with van der Waals surface area (Å²) < 4.78 is 0. The van der Waals surface area contributed by atoms with Crippen molar-refractivity contribution in [1.29, 1.82) is 0 Å². The summed E-state index contributed by atoms with van der Waals surface area (Å²) in [7, 11) is 0. The van der Waals surface area contributed by atoms with Gasteiger partial charge in [0.1, 0.15) is 5.82 Å². The average molecular weight is 283 g/mol. The Labute approximate surface area is 124 Å². The van der Waals surface area contributed by atoms with Gasteiger partial charge in [-0.25, -0.2) is 4.98 Å². The number of H-pyrrole nitrogens is 1. The smallest absolute Gasteiger partial charge is 0.224 e. The molecule has 0 bridgehead atoms. The second-order valence-electron chi connectivity index (χ2n) is 5.59. The molecule has 2 N–H and O–H groups in total. The highest BCUT2D eigenvalue weighted by Gasteiger charge is 2.09. The lowest BCUT2D eigenvalue weighted by atomic mass is 9.97. The van der Waals surface area contributed by atoms with Crippen molar-refractivity contribution in [1.82, 2.24) is 15.3 Å². The third kappa shape index (κ3) is 3.72. The number of aromatic nitrogens is 2. The number of nitrogens with one attached hydrogen (secondary N) is 2. The average Bonchev–Trinajstić information content (AvgIpc) is 2.91. The second kappa shape index (κ2) is 6.57. The molecule has 0 spiro atoms. The minimum atomic E-state index is 0.124. The highest BCUT2D eigenvalue weighted by atomic mass is 16.1. The number of carbonyl (C=O) groups excluding carboxylic acids is 1. The first-order chi connectivity index (χ1) is 10.3. The summed E-state index contributed by atoms with van der Waals surface area (Å²) in [5.41, 5.74) is 3.32. The predicted octanol–water partition coefficient (Wildman–Crippen LogP) is 3.11. The van der Waals surface area contributed by atoms with Gasteiger partial charge in [-0.3, -0.25) is 4.79 Å². The van der Waals surface area contributed by atoms with Crippen LogP contribution in [0.2, 0.25) is 0 Å². The predicted molar refractivity (Wildman–Crippen MR) is 84.0 cm³/mol. The van der Waals surface area contributed by atoms with Crippen LogP contribution in [-0.2, 0) is 11.2 Å². The van der Waals surface area contributed by atoms with E-state index in [1.54, 1.807) is 0 Å². The number of hydrogen-bond donors (Lipinski definition) is 2. The van der Waals surface area contributed by atoms with E-state index in [4.69, 9.17) is 0 Å². The molecular formula is C17H21N3O. The molecule has 0 atom stereocenters. The van der Waals surface area contributed by atoms with Gasteiger partial charge in [-0.05, 0) is 37.8 Å². The fourth-order valence-corrected chi connectivity index (χ4v) is 2.78. The summed E-state index contributed by atoms with van der Waals surface area (Å²) in [5, 5.41) is 2.98. The van der Waals surface area contributed by atoms with Gasteiger partial charge in [0.15, 0.2) is 0 Å². The molecule has 110 valence electrons. The van der Waals surface area contributed by atoms with Crippen LogP contribution in [0.4, 0.5) is 0 Å². The molecule has 2 aromatic rings. The second-order valence-corrected chi connectivity index (χ2v) is 5.59. The molecule has 4 nitrogen and oxygen atoms in total. The van der Waals surface area contributed by atoms with E-state index in [9.17, 15) is 4.79 Å². The van der Waals surface area contributed by atoms with Crippen molar-refractivity contribution < 1.29 is 4.79 Å². The van der Waals surface area contributed by atoms with Crippen LogP contribution in [0.5, 0.6) is 0 Å². The number of hydrogen-bond acceptors (Lipinski definition) is 2. The summed E-state index contributed by atoms with van der Waals surface area (Å²) in [4.78, 5) is 19.7. The molecule has 0 unspecified atom stereocenters. The largest absolute Gasteiger partial charge is 0.355 e. The standard InChI is InChI=1S/C17H21N3O/c21-17(12-13-6-2-1-3-7-13)18-11-10-16-19-14-8-4-5-9-15(14)20-16/h4-6,8-9H,1-3,7,10-12H2,(H,18,21)(H,19,20). The van der Waals surface area contributed by atoms with E-state index >= 15 is 0 Å². The van der Waals surface area contributed by atoms with Crippen molar-refractivity contribution in [3.05, 3.63) is 41.7 Å². The van der Waals surface area contributed by atoms with Gasteiger partial charge in [-0.15, -0.1) is 0 Å². The first-order valence-corrected chi connectivity index (χ1v) is 7.69. The molecule has 1 aromatic heterocycles. The van der Waals surface area contributed by atoms with Gasteiger partial charge in [0.2, 0.25) is 5.91 Å². The number of imidazole rings is 1. The van der Waals surface area contributed by atoms with E-state index in [0.29, 0.717) is 13.0 Å². The van der Waals surface area contributed by atoms with Crippen molar-refractivity contribution in [2.45, 2.75) is 38.5 Å². The van der Waals surface area contributed by atoms with E-state index in [0.717, 1.165) is 36.1 Å². The van der Waals surface area contributed by atoms with Crippen molar-refractivity contribution in [2.24, 2.45) is 0 Å². The molecule has 0 radical (unpaired) electrons. The topological polar surface area (TPSA) is 57.8 Å². The number of nitrogens with zero attached hydrogens (tertiary/aromatic N) is 1. The van der Waals surface area contributed by atoms with Crippen molar-refractivity contribution in [3.8, 4) is 0 Å². The molecule has 3 rings (SSSR count). The van der Waals surface area contributed by atoms with Gasteiger partial charge < -0.3 is 10.3 Å². The van der Waals surface area contributed by atoms with Crippen LogP contribution in [0.15, 0.2) is 35.9 Å². The zero-order valence-corrected chi connectivity index (χ0v) is 12.2. The number of allylic oxidation sites excluding steroid dienone is 1. The highest BCUT2D eigenvalue weighted by molar-refractivity contribution is 5.78. The maximum absolute atomic E-state index is 11.9. The number of carbonyl (C=O) groups is 1. The van der Waals surface area contributed by atoms with Crippen LogP contribution in [0.25, 0.3) is 11.0 Å². The van der Waals surface area contributed by atoms with Crippen LogP contribution >= 0.6 is 0 Å². The quantitative estimate of drug-likeness (QED) is 0.828. The summed E-state index contributed by atoms with van der Waals surface area (Å²) in [6.45, 7) is 0.631. The fraction of sp³-hybridized carbons (Fsp3) is 0.412. The Balaban J connectivity index is 1.47. The lowest BCUT2D eigenvalue weighted by molar-refractivity contribution is -0.120. The molecule has 0 saturated carbocycles. The molecule has 21 heavy (non-hydrogen) atoms. The summed E-state index contributed by atoms with van der Waals surface area (Å²) in [5.74, 6) is 1.05. The number of aromatic amines is 1. The monoisotopic (exact) mass is 283 g/mol. The molecule has 0 saturated heterocycles.